The maximum atomic E-state index is 8.83. The summed E-state index contributed by atoms with van der Waals surface area (Å²) in [5, 5.41) is 16.6. The van der Waals surface area contributed by atoms with Crippen LogP contribution in [0, 0.1) is 0 Å². The number of rotatable bonds is 4. The fourth-order valence-electron chi connectivity index (χ4n) is 1.23. The van der Waals surface area contributed by atoms with Crippen molar-refractivity contribution in [2.75, 3.05) is 0 Å². The van der Waals surface area contributed by atoms with Crippen molar-refractivity contribution < 1.29 is 9.52 Å². The quantitative estimate of drug-likeness (QED) is 0.785. The van der Waals surface area contributed by atoms with E-state index >= 15 is 0 Å². The van der Waals surface area contributed by atoms with Gasteiger partial charge in [-0.3, -0.25) is 0 Å². The van der Waals surface area contributed by atoms with Gasteiger partial charge in [-0.25, -0.2) is 4.98 Å². The molecule has 2 rings (SSSR count). The standard InChI is InChI=1S/C9H12N4O2/c1-2-8-11-12-9(15-8)4-13-3-7(5-14)10-6-13/h3,6,14H,2,4-5H2,1H3. The number of hydrogen-bond donors (Lipinski definition) is 1. The van der Waals surface area contributed by atoms with E-state index in [2.05, 4.69) is 15.2 Å². The summed E-state index contributed by atoms with van der Waals surface area (Å²) >= 11 is 0. The molecule has 0 aliphatic rings. The van der Waals surface area contributed by atoms with Gasteiger partial charge in [-0.05, 0) is 0 Å². The second-order valence-electron chi connectivity index (χ2n) is 3.14. The number of nitrogens with zero attached hydrogens (tertiary/aromatic N) is 4. The third-order valence-electron chi connectivity index (χ3n) is 1.98. The van der Waals surface area contributed by atoms with Crippen LogP contribution in [0.3, 0.4) is 0 Å². The van der Waals surface area contributed by atoms with E-state index in [-0.39, 0.29) is 6.61 Å². The first-order valence-electron chi connectivity index (χ1n) is 4.74. The highest BCUT2D eigenvalue weighted by atomic mass is 16.4. The van der Waals surface area contributed by atoms with Crippen LogP contribution in [-0.2, 0) is 19.6 Å². The highest BCUT2D eigenvalue weighted by Gasteiger charge is 2.05. The third-order valence-corrected chi connectivity index (χ3v) is 1.98. The molecule has 6 heteroatoms. The van der Waals surface area contributed by atoms with Crippen molar-refractivity contribution in [3.63, 3.8) is 0 Å². The normalized spacial score (nSPS) is 10.8. The monoisotopic (exact) mass is 208 g/mol. The first kappa shape index (κ1) is 9.85. The largest absolute Gasteiger partial charge is 0.423 e. The van der Waals surface area contributed by atoms with Gasteiger partial charge in [-0.1, -0.05) is 6.92 Å². The summed E-state index contributed by atoms with van der Waals surface area (Å²) in [6.07, 6.45) is 4.11. The van der Waals surface area contributed by atoms with Crippen LogP contribution in [0.5, 0.6) is 0 Å². The van der Waals surface area contributed by atoms with Crippen LogP contribution in [0.15, 0.2) is 16.9 Å². The molecule has 0 radical (unpaired) electrons. The van der Waals surface area contributed by atoms with E-state index in [9.17, 15) is 0 Å². The SMILES string of the molecule is CCc1nnc(Cn2cnc(CO)c2)o1. The molecule has 0 unspecified atom stereocenters. The second kappa shape index (κ2) is 4.22. The molecule has 0 atom stereocenters. The number of aliphatic hydroxyl groups excluding tert-OH is 1. The van der Waals surface area contributed by atoms with E-state index in [0.29, 0.717) is 24.0 Å². The van der Waals surface area contributed by atoms with Crippen LogP contribution in [0.4, 0.5) is 0 Å². The molecule has 0 amide bonds. The molecule has 0 saturated carbocycles. The van der Waals surface area contributed by atoms with Gasteiger partial charge in [-0.2, -0.15) is 0 Å². The van der Waals surface area contributed by atoms with Crippen LogP contribution < -0.4 is 0 Å². The van der Waals surface area contributed by atoms with Crippen molar-refractivity contribution in [3.05, 3.63) is 30.0 Å². The minimum Gasteiger partial charge on any atom is -0.423 e. The lowest BCUT2D eigenvalue weighted by atomic mass is 10.5. The van der Waals surface area contributed by atoms with Gasteiger partial charge in [-0.15, -0.1) is 10.2 Å². The number of aromatic nitrogens is 4. The van der Waals surface area contributed by atoms with Crippen molar-refractivity contribution >= 4 is 0 Å². The summed E-state index contributed by atoms with van der Waals surface area (Å²) in [6.45, 7) is 2.38. The summed E-state index contributed by atoms with van der Waals surface area (Å²) < 4.78 is 7.14. The van der Waals surface area contributed by atoms with Gasteiger partial charge in [0.2, 0.25) is 11.8 Å². The summed E-state index contributed by atoms with van der Waals surface area (Å²) in [6, 6.07) is 0. The number of aliphatic hydroxyl groups is 1. The molecule has 2 aromatic rings. The average Bonchev–Trinajstić information content (AvgIpc) is 2.87. The summed E-state index contributed by atoms with van der Waals surface area (Å²) in [5.41, 5.74) is 0.630. The third kappa shape index (κ3) is 2.21. The lowest BCUT2D eigenvalue weighted by Crippen LogP contribution is -1.96. The molecule has 0 aliphatic carbocycles. The number of imidazole rings is 1. The Hall–Kier alpha value is -1.69. The summed E-state index contributed by atoms with van der Waals surface area (Å²) in [5.74, 6) is 1.18. The molecule has 15 heavy (non-hydrogen) atoms. The Kier molecular flexibility index (Phi) is 2.77. The smallest absolute Gasteiger partial charge is 0.236 e. The molecule has 1 N–H and O–H groups in total. The van der Waals surface area contributed by atoms with Gasteiger partial charge in [0.15, 0.2) is 0 Å². The Morgan fingerprint density at radius 1 is 1.40 bits per heavy atom. The van der Waals surface area contributed by atoms with Crippen molar-refractivity contribution in [1.82, 2.24) is 19.7 Å². The average molecular weight is 208 g/mol. The van der Waals surface area contributed by atoms with E-state index in [0.717, 1.165) is 6.42 Å². The topological polar surface area (TPSA) is 77.0 Å². The predicted molar refractivity (Wildman–Crippen MR) is 50.9 cm³/mol. The Morgan fingerprint density at radius 3 is 2.80 bits per heavy atom. The van der Waals surface area contributed by atoms with Crippen molar-refractivity contribution in [3.8, 4) is 0 Å². The summed E-state index contributed by atoms with van der Waals surface area (Å²) in [7, 11) is 0. The molecule has 0 fully saturated rings. The maximum Gasteiger partial charge on any atom is 0.236 e. The second-order valence-corrected chi connectivity index (χ2v) is 3.14. The zero-order chi connectivity index (χ0) is 10.7. The highest BCUT2D eigenvalue weighted by Crippen LogP contribution is 2.04. The predicted octanol–water partition coefficient (Wildman–Crippen LogP) is 0.369. The Morgan fingerprint density at radius 2 is 2.20 bits per heavy atom. The molecule has 2 heterocycles. The highest BCUT2D eigenvalue weighted by molar-refractivity contribution is 4.96. The minimum atomic E-state index is -0.0585. The maximum absolute atomic E-state index is 8.83. The molecule has 0 aliphatic heterocycles. The van der Waals surface area contributed by atoms with Gasteiger partial charge in [0.1, 0.15) is 6.54 Å². The zero-order valence-corrected chi connectivity index (χ0v) is 8.42. The van der Waals surface area contributed by atoms with Crippen LogP contribution in [0.25, 0.3) is 0 Å². The molecule has 0 spiro atoms. The molecular weight excluding hydrogens is 196 g/mol. The number of hydrogen-bond acceptors (Lipinski definition) is 5. The Labute approximate surface area is 86.6 Å². The first-order valence-corrected chi connectivity index (χ1v) is 4.74. The van der Waals surface area contributed by atoms with Gasteiger partial charge >= 0.3 is 0 Å². The molecule has 0 aromatic carbocycles. The Bertz CT molecular complexity index is 395. The van der Waals surface area contributed by atoms with E-state index < -0.39 is 0 Å². The summed E-state index contributed by atoms with van der Waals surface area (Å²) in [4.78, 5) is 3.98. The lowest BCUT2D eigenvalue weighted by Gasteiger charge is -1.94. The molecule has 2 aromatic heterocycles. The number of aryl methyl sites for hydroxylation is 1. The van der Waals surface area contributed by atoms with Crippen LogP contribution in [0.1, 0.15) is 24.4 Å². The molecule has 80 valence electrons. The van der Waals surface area contributed by atoms with Gasteiger partial charge in [0, 0.05) is 12.6 Å². The lowest BCUT2D eigenvalue weighted by molar-refractivity contribution is 0.277. The van der Waals surface area contributed by atoms with Crippen LogP contribution >= 0.6 is 0 Å². The van der Waals surface area contributed by atoms with Gasteiger partial charge in [0.25, 0.3) is 0 Å². The Balaban J connectivity index is 2.07. The van der Waals surface area contributed by atoms with Crippen molar-refractivity contribution in [1.29, 1.82) is 0 Å². The molecule has 6 nitrogen and oxygen atoms in total. The van der Waals surface area contributed by atoms with Crippen LogP contribution in [-0.4, -0.2) is 24.9 Å². The van der Waals surface area contributed by atoms with E-state index in [1.54, 1.807) is 17.1 Å². The fourth-order valence-corrected chi connectivity index (χ4v) is 1.23. The van der Waals surface area contributed by atoms with Crippen LogP contribution in [0.2, 0.25) is 0 Å². The van der Waals surface area contributed by atoms with Crippen molar-refractivity contribution in [2.45, 2.75) is 26.5 Å². The molecular formula is C9H12N4O2. The molecule has 0 bridgehead atoms. The first-order chi connectivity index (χ1) is 7.31. The van der Waals surface area contributed by atoms with E-state index in [1.807, 2.05) is 6.92 Å². The molecule has 0 saturated heterocycles. The van der Waals surface area contributed by atoms with Crippen molar-refractivity contribution in [2.24, 2.45) is 0 Å². The fraction of sp³-hybridized carbons (Fsp3) is 0.444. The van der Waals surface area contributed by atoms with Gasteiger partial charge in [0.05, 0.1) is 18.6 Å². The van der Waals surface area contributed by atoms with Gasteiger partial charge < -0.3 is 14.1 Å². The van der Waals surface area contributed by atoms with E-state index in [4.69, 9.17) is 9.52 Å². The van der Waals surface area contributed by atoms with E-state index in [1.165, 1.54) is 0 Å². The zero-order valence-electron chi connectivity index (χ0n) is 8.42. The minimum absolute atomic E-state index is 0.0585.